The van der Waals surface area contributed by atoms with E-state index in [1.807, 2.05) is 0 Å². The average molecular weight is 839 g/mol. The van der Waals surface area contributed by atoms with Crippen LogP contribution in [0.2, 0.25) is 0 Å². The number of hydrogen-bond donors (Lipinski definition) is 0. The Hall–Kier alpha value is -8.72. The summed E-state index contributed by atoms with van der Waals surface area (Å²) in [5, 5.41) is 12.5. The minimum atomic E-state index is 1.09. The lowest BCUT2D eigenvalue weighted by atomic mass is 9.93. The van der Waals surface area contributed by atoms with Crippen molar-refractivity contribution in [3.8, 4) is 39.1 Å². The van der Waals surface area contributed by atoms with Crippen molar-refractivity contribution in [2.75, 3.05) is 4.90 Å². The van der Waals surface area contributed by atoms with Crippen LogP contribution < -0.4 is 4.90 Å². The molecule has 0 N–H and O–H groups in total. The molecule has 0 bridgehead atoms. The predicted molar refractivity (Wildman–Crippen MR) is 282 cm³/mol. The molecule has 0 aliphatic heterocycles. The first-order chi connectivity index (χ1) is 32.7. The summed E-state index contributed by atoms with van der Waals surface area (Å²) in [7, 11) is 0. The van der Waals surface area contributed by atoms with Crippen LogP contribution in [0.1, 0.15) is 0 Å². The number of aromatic nitrogens is 1. The van der Waals surface area contributed by atoms with Gasteiger partial charge in [-0.1, -0.05) is 188 Å². The third-order valence-electron chi connectivity index (χ3n) is 13.5. The fourth-order valence-corrected chi connectivity index (χ4v) is 10.5. The van der Waals surface area contributed by atoms with E-state index in [-0.39, 0.29) is 0 Å². The molecule has 0 radical (unpaired) electrons. The van der Waals surface area contributed by atoms with Crippen molar-refractivity contribution in [3.05, 3.63) is 255 Å². The molecule has 2 heteroatoms. The summed E-state index contributed by atoms with van der Waals surface area (Å²) < 4.78 is 2.39. The summed E-state index contributed by atoms with van der Waals surface area (Å²) in [4.78, 5) is 2.44. The molecular weight excluding hydrogens is 797 g/mol. The number of para-hydroxylation sites is 3. The van der Waals surface area contributed by atoms with Crippen molar-refractivity contribution in [2.24, 2.45) is 0 Å². The normalized spacial score (nSPS) is 11.6. The van der Waals surface area contributed by atoms with Gasteiger partial charge in [-0.25, -0.2) is 0 Å². The summed E-state index contributed by atoms with van der Waals surface area (Å²) in [6.07, 6.45) is 0. The maximum atomic E-state index is 2.44. The Bertz CT molecular complexity index is 3990. The first-order valence-electron chi connectivity index (χ1n) is 22.8. The van der Waals surface area contributed by atoms with Gasteiger partial charge in [0.15, 0.2) is 0 Å². The van der Waals surface area contributed by atoms with Crippen LogP contribution in [0.5, 0.6) is 0 Å². The molecule has 0 amide bonds. The number of benzene rings is 12. The van der Waals surface area contributed by atoms with Crippen molar-refractivity contribution in [1.82, 2.24) is 4.57 Å². The number of rotatable bonds is 7. The van der Waals surface area contributed by atoms with Crippen LogP contribution in [0, 0.1) is 0 Å². The molecule has 0 unspecified atom stereocenters. The summed E-state index contributed by atoms with van der Waals surface area (Å²) in [5.74, 6) is 0. The molecule has 0 saturated heterocycles. The van der Waals surface area contributed by atoms with E-state index in [2.05, 4.69) is 264 Å². The average Bonchev–Trinajstić information content (AvgIpc) is 3.74. The fraction of sp³-hybridized carbons (Fsp3) is 0. The zero-order valence-corrected chi connectivity index (χ0v) is 36.1. The zero-order chi connectivity index (χ0) is 43.6. The zero-order valence-electron chi connectivity index (χ0n) is 36.1. The molecule has 0 atom stereocenters. The molecule has 13 aromatic rings. The molecule has 0 aliphatic carbocycles. The van der Waals surface area contributed by atoms with Crippen LogP contribution in [0.25, 0.3) is 104 Å². The molecule has 2 nitrogen and oxygen atoms in total. The van der Waals surface area contributed by atoms with Gasteiger partial charge >= 0.3 is 0 Å². The Labute approximate surface area is 383 Å². The number of anilines is 3. The Morgan fingerprint density at radius 3 is 1.67 bits per heavy atom. The highest BCUT2D eigenvalue weighted by Gasteiger charge is 2.21. The molecule has 0 aliphatic rings. The van der Waals surface area contributed by atoms with Gasteiger partial charge in [0.05, 0.1) is 16.7 Å². The highest BCUT2D eigenvalue weighted by Crippen LogP contribution is 2.45. The molecule has 1 heterocycles. The van der Waals surface area contributed by atoms with Gasteiger partial charge < -0.3 is 9.47 Å². The van der Waals surface area contributed by atoms with E-state index in [4.69, 9.17) is 0 Å². The first kappa shape index (κ1) is 37.8. The minimum absolute atomic E-state index is 1.09. The van der Waals surface area contributed by atoms with Gasteiger partial charge in [-0.05, 0) is 138 Å². The largest absolute Gasteiger partial charge is 0.310 e. The monoisotopic (exact) mass is 838 g/mol. The van der Waals surface area contributed by atoms with Gasteiger partial charge in [0.1, 0.15) is 0 Å². The highest BCUT2D eigenvalue weighted by molar-refractivity contribution is 6.16. The van der Waals surface area contributed by atoms with Gasteiger partial charge in [0.25, 0.3) is 0 Å². The van der Waals surface area contributed by atoms with E-state index in [1.165, 1.54) is 87.1 Å². The van der Waals surface area contributed by atoms with Crippen molar-refractivity contribution in [1.29, 1.82) is 0 Å². The molecule has 0 fully saturated rings. The second kappa shape index (κ2) is 15.5. The van der Waals surface area contributed by atoms with Gasteiger partial charge in [-0.2, -0.15) is 0 Å². The quantitative estimate of drug-likeness (QED) is 0.145. The standard InChI is InChI=1S/C64H42N2/c1-2-20-49(21-3-1)66-62-30-13-11-27-59(62)64-56(28-15-31-63(64)66)46-19-14-18-45(40-46)55-24-10-12-29-61(55)65(51-38-39-54-48(41-51)33-32-43-16-4-6-22-52(43)54)50-36-34-44(35-37-50)60-42-47-17-5-7-23-53(47)57-25-8-9-26-58(57)60/h1-42H. The van der Waals surface area contributed by atoms with E-state index in [0.717, 1.165) is 33.9 Å². The van der Waals surface area contributed by atoms with Crippen LogP contribution in [-0.4, -0.2) is 4.57 Å². The maximum absolute atomic E-state index is 2.44. The van der Waals surface area contributed by atoms with Gasteiger partial charge in [0.2, 0.25) is 0 Å². The molecule has 0 saturated carbocycles. The minimum Gasteiger partial charge on any atom is -0.310 e. The van der Waals surface area contributed by atoms with Crippen LogP contribution in [0.4, 0.5) is 17.1 Å². The third-order valence-corrected chi connectivity index (χ3v) is 13.5. The smallest absolute Gasteiger partial charge is 0.0547 e. The topological polar surface area (TPSA) is 8.17 Å². The molecule has 12 aromatic carbocycles. The molecule has 13 rings (SSSR count). The van der Waals surface area contributed by atoms with E-state index in [9.17, 15) is 0 Å². The molecule has 308 valence electrons. The van der Waals surface area contributed by atoms with E-state index in [0.29, 0.717) is 0 Å². The summed E-state index contributed by atoms with van der Waals surface area (Å²) in [6.45, 7) is 0. The lowest BCUT2D eigenvalue weighted by Crippen LogP contribution is -2.11. The SMILES string of the molecule is c1ccc(-n2c3ccccc3c3c(-c4cccc(-c5ccccc5N(c5ccc(-c6cc7ccccc7c7ccccc67)cc5)c5ccc6c(ccc7ccccc76)c5)c4)cccc32)cc1. The van der Waals surface area contributed by atoms with Crippen molar-refractivity contribution < 1.29 is 0 Å². The number of hydrogen-bond acceptors (Lipinski definition) is 1. The maximum Gasteiger partial charge on any atom is 0.0547 e. The van der Waals surface area contributed by atoms with E-state index in [1.54, 1.807) is 0 Å². The summed E-state index contributed by atoms with van der Waals surface area (Å²) >= 11 is 0. The second-order valence-electron chi connectivity index (χ2n) is 17.3. The second-order valence-corrected chi connectivity index (χ2v) is 17.3. The Balaban J connectivity index is 0.978. The van der Waals surface area contributed by atoms with Gasteiger partial charge in [-0.3, -0.25) is 0 Å². The third kappa shape index (κ3) is 6.18. The lowest BCUT2D eigenvalue weighted by molar-refractivity contribution is 1.18. The van der Waals surface area contributed by atoms with Crippen molar-refractivity contribution >= 4 is 82.0 Å². The summed E-state index contributed by atoms with van der Waals surface area (Å²) in [5.41, 5.74) is 14.0. The van der Waals surface area contributed by atoms with Crippen molar-refractivity contribution in [3.63, 3.8) is 0 Å². The lowest BCUT2D eigenvalue weighted by Gasteiger charge is -2.28. The predicted octanol–water partition coefficient (Wildman–Crippen LogP) is 17.9. The molecular formula is C64H42N2. The molecule has 1 aromatic heterocycles. The van der Waals surface area contributed by atoms with Crippen LogP contribution in [0.3, 0.4) is 0 Å². The Morgan fingerprint density at radius 1 is 0.273 bits per heavy atom. The van der Waals surface area contributed by atoms with Crippen LogP contribution >= 0.6 is 0 Å². The van der Waals surface area contributed by atoms with E-state index < -0.39 is 0 Å². The number of fused-ring (bicyclic) bond motifs is 9. The molecule has 0 spiro atoms. The Morgan fingerprint density at radius 2 is 0.833 bits per heavy atom. The first-order valence-corrected chi connectivity index (χ1v) is 22.8. The van der Waals surface area contributed by atoms with Crippen LogP contribution in [-0.2, 0) is 0 Å². The van der Waals surface area contributed by atoms with Gasteiger partial charge in [-0.15, -0.1) is 0 Å². The fourth-order valence-electron chi connectivity index (χ4n) is 10.5. The van der Waals surface area contributed by atoms with Crippen molar-refractivity contribution in [2.45, 2.75) is 0 Å². The summed E-state index contributed by atoms with van der Waals surface area (Å²) in [6, 6.07) is 93.3. The highest BCUT2D eigenvalue weighted by atomic mass is 15.1. The van der Waals surface area contributed by atoms with Crippen LogP contribution in [0.15, 0.2) is 255 Å². The number of nitrogens with zero attached hydrogens (tertiary/aromatic N) is 2. The van der Waals surface area contributed by atoms with E-state index >= 15 is 0 Å². The molecule has 66 heavy (non-hydrogen) atoms. The Kier molecular flexibility index (Phi) is 8.89. The van der Waals surface area contributed by atoms with Gasteiger partial charge in [0, 0.05) is 33.4 Å².